The normalized spacial score (nSPS) is 23.0. The van der Waals surface area contributed by atoms with Gasteiger partial charge in [0.05, 0.1) is 22.8 Å². The zero-order chi connectivity index (χ0) is 19.5. The molecule has 0 radical (unpaired) electrons. The number of fused-ring (bicyclic) bond motifs is 1. The van der Waals surface area contributed by atoms with E-state index in [-0.39, 0.29) is 28.9 Å². The van der Waals surface area contributed by atoms with Crippen molar-refractivity contribution in [1.29, 1.82) is 0 Å². The molecule has 4 rings (SSSR count). The molecule has 28 heavy (non-hydrogen) atoms. The molecule has 2 amide bonds. The minimum atomic E-state index is -0.258. The minimum absolute atomic E-state index is 0.0191. The highest BCUT2D eigenvalue weighted by molar-refractivity contribution is 6.21. The van der Waals surface area contributed by atoms with E-state index >= 15 is 0 Å². The molecular weight excluding hydrogens is 391 g/mol. The lowest BCUT2D eigenvalue weighted by Gasteiger charge is -2.26. The zero-order valence-corrected chi connectivity index (χ0v) is 16.9. The van der Waals surface area contributed by atoms with Gasteiger partial charge in [0.15, 0.2) is 0 Å². The summed E-state index contributed by atoms with van der Waals surface area (Å²) in [5.41, 5.74) is 2.03. The second-order valence-electron chi connectivity index (χ2n) is 7.09. The van der Waals surface area contributed by atoms with E-state index in [0.29, 0.717) is 13.1 Å². The third kappa shape index (κ3) is 3.82. The Morgan fingerprint density at radius 2 is 1.11 bits per heavy atom. The number of alkyl halides is 2. The first-order valence-electron chi connectivity index (χ1n) is 9.45. The van der Waals surface area contributed by atoms with E-state index in [1.807, 2.05) is 82.6 Å². The summed E-state index contributed by atoms with van der Waals surface area (Å²) in [6.45, 7) is 0.914. The third-order valence-corrected chi connectivity index (χ3v) is 6.11. The maximum atomic E-state index is 13.3. The lowest BCUT2D eigenvalue weighted by molar-refractivity contribution is 0.187. The number of carbonyl (C=O) groups excluding carboxylic acids is 1. The Hall–Kier alpha value is -2.23. The largest absolute Gasteiger partial charge is 0.321 e. The first-order valence-corrected chi connectivity index (χ1v) is 10.3. The second kappa shape index (κ2) is 8.42. The van der Waals surface area contributed by atoms with Gasteiger partial charge in [-0.25, -0.2) is 4.79 Å². The number of carbonyl (C=O) groups is 1. The lowest BCUT2D eigenvalue weighted by atomic mass is 10.0. The highest BCUT2D eigenvalue weighted by Gasteiger charge is 2.45. The summed E-state index contributed by atoms with van der Waals surface area (Å²) in [6, 6.07) is 19.7. The second-order valence-corrected chi connectivity index (χ2v) is 8.15. The summed E-state index contributed by atoms with van der Waals surface area (Å²) < 4.78 is 0. The predicted molar refractivity (Wildman–Crippen MR) is 115 cm³/mol. The van der Waals surface area contributed by atoms with Gasteiger partial charge < -0.3 is 9.80 Å². The number of hydrogen-bond acceptors (Lipinski definition) is 1. The van der Waals surface area contributed by atoms with E-state index in [0.717, 1.165) is 11.1 Å². The van der Waals surface area contributed by atoms with Gasteiger partial charge in [-0.1, -0.05) is 85.0 Å². The maximum absolute atomic E-state index is 13.3. The van der Waals surface area contributed by atoms with Crippen molar-refractivity contribution in [3.8, 4) is 0 Å². The van der Waals surface area contributed by atoms with Gasteiger partial charge in [-0.3, -0.25) is 0 Å². The third-order valence-electron chi connectivity index (χ3n) is 5.33. The zero-order valence-electron chi connectivity index (χ0n) is 15.4. The first-order chi connectivity index (χ1) is 13.6. The van der Waals surface area contributed by atoms with E-state index in [1.54, 1.807) is 0 Å². The van der Waals surface area contributed by atoms with Crippen LogP contribution in [0.25, 0.3) is 0 Å². The molecule has 2 aromatic carbocycles. The fraction of sp³-hybridized carbons (Fsp3) is 0.261. The Kier molecular flexibility index (Phi) is 5.74. The van der Waals surface area contributed by atoms with Crippen LogP contribution in [0.5, 0.6) is 0 Å². The van der Waals surface area contributed by atoms with Gasteiger partial charge in [-0.2, -0.15) is 0 Å². The Morgan fingerprint density at radius 1 is 0.714 bits per heavy atom. The molecule has 1 aliphatic heterocycles. The number of urea groups is 1. The minimum Gasteiger partial charge on any atom is -0.314 e. The maximum Gasteiger partial charge on any atom is 0.321 e. The van der Waals surface area contributed by atoms with Crippen LogP contribution >= 0.6 is 23.2 Å². The van der Waals surface area contributed by atoms with Crippen molar-refractivity contribution in [3.63, 3.8) is 0 Å². The number of benzene rings is 2. The number of allylic oxidation sites excluding steroid dienone is 2. The lowest BCUT2D eigenvalue weighted by Crippen LogP contribution is -2.37. The smallest absolute Gasteiger partial charge is 0.314 e. The molecule has 0 saturated carbocycles. The van der Waals surface area contributed by atoms with Crippen LogP contribution in [0.15, 0.2) is 85.0 Å². The molecular formula is C23H22Cl2N2O. The summed E-state index contributed by atoms with van der Waals surface area (Å²) in [5, 5.41) is -0.517. The van der Waals surface area contributed by atoms with Crippen LogP contribution in [-0.4, -0.2) is 41.0 Å². The van der Waals surface area contributed by atoms with Crippen LogP contribution in [0.4, 0.5) is 4.79 Å². The number of halogens is 2. The molecule has 0 N–H and O–H groups in total. The van der Waals surface area contributed by atoms with Gasteiger partial charge in [0.1, 0.15) is 0 Å². The van der Waals surface area contributed by atoms with Gasteiger partial charge >= 0.3 is 6.03 Å². The van der Waals surface area contributed by atoms with Crippen LogP contribution in [0.1, 0.15) is 21.9 Å². The molecule has 1 saturated heterocycles. The monoisotopic (exact) mass is 412 g/mol. The molecule has 1 heterocycles. The quantitative estimate of drug-likeness (QED) is 0.570. The van der Waals surface area contributed by atoms with Gasteiger partial charge in [-0.05, 0) is 11.1 Å². The molecule has 2 aliphatic rings. The highest BCUT2D eigenvalue weighted by atomic mass is 35.5. The number of rotatable bonds is 6. The predicted octanol–water partition coefficient (Wildman–Crippen LogP) is 5.55. The van der Waals surface area contributed by atoms with E-state index in [4.69, 9.17) is 23.2 Å². The van der Waals surface area contributed by atoms with Crippen LogP contribution in [-0.2, 0) is 0 Å². The Balaban J connectivity index is 1.53. The SMILES string of the molecule is O=C1N(CC(Cl)c2ccccc2)C2C=CC=CC2N1CC(Cl)c1ccccc1. The summed E-state index contributed by atoms with van der Waals surface area (Å²) in [6.07, 6.45) is 8.13. The average molecular weight is 413 g/mol. The molecule has 4 atom stereocenters. The number of hydrogen-bond donors (Lipinski definition) is 0. The summed E-state index contributed by atoms with van der Waals surface area (Å²) >= 11 is 13.3. The van der Waals surface area contributed by atoms with E-state index in [2.05, 4.69) is 12.2 Å². The van der Waals surface area contributed by atoms with E-state index in [1.165, 1.54) is 0 Å². The average Bonchev–Trinajstić information content (AvgIpc) is 3.01. The van der Waals surface area contributed by atoms with Gasteiger partial charge in [-0.15, -0.1) is 23.2 Å². The molecule has 4 unspecified atom stereocenters. The van der Waals surface area contributed by atoms with Crippen LogP contribution < -0.4 is 0 Å². The standard InChI is InChI=1S/C23H22Cl2N2O/c24-19(17-9-3-1-4-10-17)15-26-21-13-7-8-14-22(21)27(23(26)28)16-20(25)18-11-5-2-6-12-18/h1-14,19-22H,15-16H2. The molecule has 5 heteroatoms. The van der Waals surface area contributed by atoms with E-state index in [9.17, 15) is 4.79 Å². The number of nitrogens with zero attached hydrogens (tertiary/aromatic N) is 2. The topological polar surface area (TPSA) is 23.6 Å². The van der Waals surface area contributed by atoms with Crippen LogP contribution in [0.3, 0.4) is 0 Å². The van der Waals surface area contributed by atoms with Crippen molar-refractivity contribution >= 4 is 29.2 Å². The van der Waals surface area contributed by atoms with Crippen molar-refractivity contribution in [2.45, 2.75) is 22.8 Å². The molecule has 0 bridgehead atoms. The Bertz CT molecular complexity index is 797. The molecule has 0 aromatic heterocycles. The summed E-state index contributed by atoms with van der Waals surface area (Å²) in [5.74, 6) is 0. The van der Waals surface area contributed by atoms with Gasteiger partial charge in [0, 0.05) is 13.1 Å². The van der Waals surface area contributed by atoms with Crippen molar-refractivity contribution < 1.29 is 4.79 Å². The van der Waals surface area contributed by atoms with Crippen molar-refractivity contribution in [3.05, 3.63) is 96.1 Å². The summed E-state index contributed by atoms with van der Waals surface area (Å²) in [4.78, 5) is 17.0. The Labute approximate surface area is 175 Å². The molecule has 0 spiro atoms. The van der Waals surface area contributed by atoms with Crippen molar-refractivity contribution in [2.24, 2.45) is 0 Å². The Morgan fingerprint density at radius 3 is 1.50 bits per heavy atom. The van der Waals surface area contributed by atoms with Crippen LogP contribution in [0, 0.1) is 0 Å². The summed E-state index contributed by atoms with van der Waals surface area (Å²) in [7, 11) is 0. The number of amides is 2. The van der Waals surface area contributed by atoms with Gasteiger partial charge in [0.25, 0.3) is 0 Å². The van der Waals surface area contributed by atoms with E-state index < -0.39 is 0 Å². The molecule has 144 valence electrons. The molecule has 1 aliphatic carbocycles. The highest BCUT2D eigenvalue weighted by Crippen LogP contribution is 2.34. The fourth-order valence-corrected chi connectivity index (χ4v) is 4.45. The fourth-order valence-electron chi connectivity index (χ4n) is 3.86. The van der Waals surface area contributed by atoms with Crippen LogP contribution in [0.2, 0.25) is 0 Å². The molecule has 2 aromatic rings. The van der Waals surface area contributed by atoms with Gasteiger partial charge in [0.2, 0.25) is 0 Å². The molecule has 1 fully saturated rings. The van der Waals surface area contributed by atoms with Crippen molar-refractivity contribution in [1.82, 2.24) is 9.80 Å². The first kappa shape index (κ1) is 19.1. The van der Waals surface area contributed by atoms with Crippen molar-refractivity contribution in [2.75, 3.05) is 13.1 Å². The molecule has 3 nitrogen and oxygen atoms in total.